The Morgan fingerprint density at radius 1 is 1.25 bits per heavy atom. The molecule has 108 valence electrons. The van der Waals surface area contributed by atoms with Gasteiger partial charge >= 0.3 is 0 Å². The van der Waals surface area contributed by atoms with E-state index in [1.165, 1.54) is 18.2 Å². The Hall–Kier alpha value is -1.63. The first-order valence-corrected chi connectivity index (χ1v) is 9.02. The summed E-state index contributed by atoms with van der Waals surface area (Å²) in [6, 6.07) is 5.79. The van der Waals surface area contributed by atoms with Gasteiger partial charge in [0.1, 0.15) is 4.90 Å². The average Bonchev–Trinajstić information content (AvgIpc) is 2.37. The fourth-order valence-electron chi connectivity index (χ4n) is 1.93. The summed E-state index contributed by atoms with van der Waals surface area (Å²) in [7, 11) is -6.99. The van der Waals surface area contributed by atoms with Gasteiger partial charge in [0.05, 0.1) is 28.8 Å². The number of sulfonamides is 1. The van der Waals surface area contributed by atoms with Crippen molar-refractivity contribution in [3.05, 3.63) is 23.8 Å². The van der Waals surface area contributed by atoms with Crippen LogP contribution < -0.4 is 5.73 Å². The lowest BCUT2D eigenvalue weighted by Gasteiger charge is -2.26. The van der Waals surface area contributed by atoms with Gasteiger partial charge in [-0.15, -0.1) is 0 Å². The molecule has 7 nitrogen and oxygen atoms in total. The highest BCUT2D eigenvalue weighted by molar-refractivity contribution is 7.92. The van der Waals surface area contributed by atoms with Crippen molar-refractivity contribution in [2.24, 2.45) is 0 Å². The third-order valence-electron chi connectivity index (χ3n) is 3.06. The van der Waals surface area contributed by atoms with Gasteiger partial charge in [-0.3, -0.25) is 0 Å². The molecule has 0 saturated carbocycles. The van der Waals surface area contributed by atoms with Crippen LogP contribution in [0.25, 0.3) is 0 Å². The van der Waals surface area contributed by atoms with Crippen molar-refractivity contribution in [3.63, 3.8) is 0 Å². The van der Waals surface area contributed by atoms with E-state index in [-0.39, 0.29) is 40.7 Å². The van der Waals surface area contributed by atoms with Crippen LogP contribution in [0.1, 0.15) is 5.56 Å². The molecule has 9 heteroatoms. The number of nitriles is 1. The van der Waals surface area contributed by atoms with Gasteiger partial charge in [-0.2, -0.15) is 9.57 Å². The maximum Gasteiger partial charge on any atom is 0.245 e. The van der Waals surface area contributed by atoms with E-state index in [1.807, 2.05) is 6.07 Å². The standard InChI is InChI=1S/C11H13N3O4S2/c12-8-9-1-2-11(10(13)7-9)20(17,18)14-3-5-19(15,16)6-4-14/h1-2,7H,3-6,13H2. The van der Waals surface area contributed by atoms with Gasteiger partial charge in [0, 0.05) is 13.1 Å². The molecule has 0 bridgehead atoms. The van der Waals surface area contributed by atoms with E-state index in [2.05, 4.69) is 0 Å². The highest BCUT2D eigenvalue weighted by atomic mass is 32.2. The van der Waals surface area contributed by atoms with Gasteiger partial charge < -0.3 is 5.73 Å². The topological polar surface area (TPSA) is 121 Å². The van der Waals surface area contributed by atoms with Crippen molar-refractivity contribution in [1.82, 2.24) is 4.31 Å². The van der Waals surface area contributed by atoms with E-state index in [0.717, 1.165) is 4.31 Å². The molecule has 1 aromatic rings. The molecule has 0 radical (unpaired) electrons. The Bertz CT molecular complexity index is 764. The predicted octanol–water partition coefficient (Wildman–Crippen LogP) is -0.440. The summed E-state index contributed by atoms with van der Waals surface area (Å²) in [5.41, 5.74) is 5.92. The Balaban J connectivity index is 2.35. The number of anilines is 1. The molecule has 0 aliphatic carbocycles. The van der Waals surface area contributed by atoms with Crippen LogP contribution in [-0.4, -0.2) is 45.7 Å². The van der Waals surface area contributed by atoms with Crippen molar-refractivity contribution in [2.75, 3.05) is 30.3 Å². The molecule has 1 fully saturated rings. The summed E-state index contributed by atoms with van der Waals surface area (Å²) in [5, 5.41) is 8.73. The molecule has 0 spiro atoms. The lowest BCUT2D eigenvalue weighted by Crippen LogP contribution is -2.43. The third kappa shape index (κ3) is 2.77. The number of rotatable bonds is 2. The summed E-state index contributed by atoms with van der Waals surface area (Å²) >= 11 is 0. The zero-order valence-corrected chi connectivity index (χ0v) is 12.1. The van der Waals surface area contributed by atoms with Crippen LogP contribution in [0.4, 0.5) is 5.69 Å². The molecule has 2 N–H and O–H groups in total. The maximum absolute atomic E-state index is 12.4. The minimum Gasteiger partial charge on any atom is -0.398 e. The van der Waals surface area contributed by atoms with Crippen LogP contribution in [0.15, 0.2) is 23.1 Å². The Morgan fingerprint density at radius 3 is 2.35 bits per heavy atom. The fourth-order valence-corrected chi connectivity index (χ4v) is 4.90. The minimum atomic E-state index is -3.83. The maximum atomic E-state index is 12.4. The third-order valence-corrected chi connectivity index (χ3v) is 6.64. The summed E-state index contributed by atoms with van der Waals surface area (Å²) in [4.78, 5) is -0.101. The second-order valence-electron chi connectivity index (χ2n) is 4.42. The summed E-state index contributed by atoms with van der Waals surface area (Å²) in [5.74, 6) is -0.384. The van der Waals surface area contributed by atoms with E-state index in [4.69, 9.17) is 11.0 Å². The second-order valence-corrected chi connectivity index (χ2v) is 8.63. The van der Waals surface area contributed by atoms with E-state index in [9.17, 15) is 16.8 Å². The molecule has 1 aromatic carbocycles. The Morgan fingerprint density at radius 2 is 1.85 bits per heavy atom. The molecule has 1 saturated heterocycles. The van der Waals surface area contributed by atoms with E-state index >= 15 is 0 Å². The van der Waals surface area contributed by atoms with Crippen LogP contribution in [0.3, 0.4) is 0 Å². The highest BCUT2D eigenvalue weighted by Crippen LogP contribution is 2.24. The molecule has 0 unspecified atom stereocenters. The second kappa shape index (κ2) is 5.05. The Kier molecular flexibility index (Phi) is 3.73. The van der Waals surface area contributed by atoms with Gasteiger partial charge in [-0.05, 0) is 18.2 Å². The van der Waals surface area contributed by atoms with Crippen molar-refractivity contribution >= 4 is 25.5 Å². The van der Waals surface area contributed by atoms with Crippen LogP contribution in [0, 0.1) is 11.3 Å². The van der Waals surface area contributed by atoms with Crippen molar-refractivity contribution in [1.29, 1.82) is 5.26 Å². The first-order valence-electron chi connectivity index (χ1n) is 5.76. The number of nitrogens with zero attached hydrogens (tertiary/aromatic N) is 2. The first-order chi connectivity index (χ1) is 9.26. The molecule has 0 amide bonds. The number of benzene rings is 1. The zero-order chi connectivity index (χ0) is 15.0. The number of hydrogen-bond acceptors (Lipinski definition) is 6. The normalized spacial score (nSPS) is 19.4. The van der Waals surface area contributed by atoms with E-state index in [1.54, 1.807) is 0 Å². The molecular weight excluding hydrogens is 302 g/mol. The van der Waals surface area contributed by atoms with E-state index < -0.39 is 19.9 Å². The molecule has 1 aliphatic heterocycles. The van der Waals surface area contributed by atoms with Crippen LogP contribution in [0.2, 0.25) is 0 Å². The molecule has 0 atom stereocenters. The largest absolute Gasteiger partial charge is 0.398 e. The van der Waals surface area contributed by atoms with Crippen LogP contribution in [-0.2, 0) is 19.9 Å². The minimum absolute atomic E-state index is 0.0162. The lowest BCUT2D eigenvalue weighted by atomic mass is 10.2. The van der Waals surface area contributed by atoms with E-state index in [0.29, 0.717) is 0 Å². The van der Waals surface area contributed by atoms with Crippen molar-refractivity contribution < 1.29 is 16.8 Å². The molecule has 2 rings (SSSR count). The number of sulfone groups is 1. The zero-order valence-electron chi connectivity index (χ0n) is 10.5. The van der Waals surface area contributed by atoms with Gasteiger partial charge in [0.15, 0.2) is 9.84 Å². The smallest absolute Gasteiger partial charge is 0.245 e. The van der Waals surface area contributed by atoms with Gasteiger partial charge in [-0.25, -0.2) is 16.8 Å². The fraction of sp³-hybridized carbons (Fsp3) is 0.364. The summed E-state index contributed by atoms with van der Waals surface area (Å²) < 4.78 is 48.5. The molecule has 1 heterocycles. The van der Waals surface area contributed by atoms with Gasteiger partial charge in [0.2, 0.25) is 10.0 Å². The van der Waals surface area contributed by atoms with Gasteiger partial charge in [0.25, 0.3) is 0 Å². The SMILES string of the molecule is N#Cc1ccc(S(=O)(=O)N2CCS(=O)(=O)CC2)c(N)c1. The monoisotopic (exact) mass is 315 g/mol. The van der Waals surface area contributed by atoms with Crippen molar-refractivity contribution in [3.8, 4) is 6.07 Å². The predicted molar refractivity (Wildman–Crippen MR) is 73.0 cm³/mol. The molecular formula is C11H13N3O4S2. The quantitative estimate of drug-likeness (QED) is 0.738. The number of hydrogen-bond donors (Lipinski definition) is 1. The van der Waals surface area contributed by atoms with Crippen LogP contribution in [0.5, 0.6) is 0 Å². The highest BCUT2D eigenvalue weighted by Gasteiger charge is 2.32. The first kappa shape index (κ1) is 14.8. The van der Waals surface area contributed by atoms with Crippen LogP contribution >= 0.6 is 0 Å². The van der Waals surface area contributed by atoms with Crippen molar-refractivity contribution in [2.45, 2.75) is 4.90 Å². The molecule has 0 aromatic heterocycles. The molecule has 1 aliphatic rings. The summed E-state index contributed by atoms with van der Waals surface area (Å²) in [6.45, 7) is -0.159. The number of nitrogens with two attached hydrogens (primary N) is 1. The van der Waals surface area contributed by atoms with Gasteiger partial charge in [-0.1, -0.05) is 0 Å². The number of nitrogen functional groups attached to an aromatic ring is 1. The molecule has 20 heavy (non-hydrogen) atoms. The Labute approximate surface area is 117 Å². The average molecular weight is 315 g/mol. The summed E-state index contributed by atoms with van der Waals surface area (Å²) in [6.07, 6.45) is 0. The lowest BCUT2D eigenvalue weighted by molar-refractivity contribution is 0.431.